The summed E-state index contributed by atoms with van der Waals surface area (Å²) in [7, 11) is 1.77. The molecule has 1 rings (SSSR count). The lowest BCUT2D eigenvalue weighted by Crippen LogP contribution is -2.38. The standard InChI is InChI=1S/C13H22N4OS/c1-5-10-8-11(17(6-2)15-10)13(18)16(4)9(3)7-12(14)19/h8-9H,5-7H2,1-4H3,(H2,14,19). The van der Waals surface area contributed by atoms with Crippen molar-refractivity contribution in [3.63, 3.8) is 0 Å². The van der Waals surface area contributed by atoms with E-state index in [1.807, 2.05) is 26.8 Å². The van der Waals surface area contributed by atoms with Gasteiger partial charge in [-0.1, -0.05) is 19.1 Å². The topological polar surface area (TPSA) is 64.2 Å². The van der Waals surface area contributed by atoms with Gasteiger partial charge in [-0.05, 0) is 26.3 Å². The molecule has 1 heterocycles. The van der Waals surface area contributed by atoms with Crippen molar-refractivity contribution in [2.24, 2.45) is 5.73 Å². The van der Waals surface area contributed by atoms with Crippen molar-refractivity contribution in [2.45, 2.75) is 46.2 Å². The van der Waals surface area contributed by atoms with E-state index in [9.17, 15) is 4.79 Å². The Morgan fingerprint density at radius 3 is 2.68 bits per heavy atom. The largest absolute Gasteiger partial charge is 0.393 e. The summed E-state index contributed by atoms with van der Waals surface area (Å²) in [6, 6.07) is 1.84. The van der Waals surface area contributed by atoms with Gasteiger partial charge in [0.15, 0.2) is 0 Å². The number of hydrogen-bond acceptors (Lipinski definition) is 3. The average Bonchev–Trinajstić information content (AvgIpc) is 2.79. The van der Waals surface area contributed by atoms with Crippen molar-refractivity contribution in [1.82, 2.24) is 14.7 Å². The molecule has 19 heavy (non-hydrogen) atoms. The summed E-state index contributed by atoms with van der Waals surface area (Å²) in [5, 5.41) is 4.39. The summed E-state index contributed by atoms with van der Waals surface area (Å²) >= 11 is 4.89. The molecule has 1 aromatic heterocycles. The lowest BCUT2D eigenvalue weighted by atomic mass is 10.2. The zero-order valence-electron chi connectivity index (χ0n) is 12.0. The number of carbonyl (C=O) groups excluding carboxylic acids is 1. The summed E-state index contributed by atoms with van der Waals surface area (Å²) in [5.41, 5.74) is 7.08. The van der Waals surface area contributed by atoms with E-state index >= 15 is 0 Å². The van der Waals surface area contributed by atoms with E-state index in [0.717, 1.165) is 12.1 Å². The van der Waals surface area contributed by atoms with E-state index < -0.39 is 0 Å². The highest BCUT2D eigenvalue weighted by Gasteiger charge is 2.22. The normalized spacial score (nSPS) is 12.2. The van der Waals surface area contributed by atoms with Crippen molar-refractivity contribution < 1.29 is 4.79 Å². The molecule has 5 nitrogen and oxygen atoms in total. The molecule has 1 unspecified atom stereocenters. The van der Waals surface area contributed by atoms with E-state index in [2.05, 4.69) is 5.10 Å². The highest BCUT2D eigenvalue weighted by atomic mass is 32.1. The summed E-state index contributed by atoms with van der Waals surface area (Å²) in [6.07, 6.45) is 1.35. The van der Waals surface area contributed by atoms with Crippen LogP contribution in [0, 0.1) is 0 Å². The van der Waals surface area contributed by atoms with Gasteiger partial charge in [0.1, 0.15) is 5.69 Å². The molecule has 0 aliphatic heterocycles. The number of aryl methyl sites for hydroxylation is 2. The first-order valence-corrected chi connectivity index (χ1v) is 6.93. The van der Waals surface area contributed by atoms with Crippen LogP contribution >= 0.6 is 12.2 Å². The maximum atomic E-state index is 12.5. The number of rotatable bonds is 6. The molecule has 106 valence electrons. The molecule has 0 bridgehead atoms. The molecule has 0 saturated carbocycles. The second kappa shape index (κ2) is 6.65. The Morgan fingerprint density at radius 2 is 2.21 bits per heavy atom. The van der Waals surface area contributed by atoms with Crippen molar-refractivity contribution in [3.05, 3.63) is 17.5 Å². The van der Waals surface area contributed by atoms with Crippen LogP contribution in [0.2, 0.25) is 0 Å². The first kappa shape index (κ1) is 15.6. The third-order valence-electron chi connectivity index (χ3n) is 3.19. The first-order valence-electron chi connectivity index (χ1n) is 6.52. The Hall–Kier alpha value is -1.43. The second-order valence-electron chi connectivity index (χ2n) is 4.63. The Balaban J connectivity index is 2.92. The van der Waals surface area contributed by atoms with E-state index in [-0.39, 0.29) is 11.9 Å². The number of nitrogens with zero attached hydrogens (tertiary/aromatic N) is 3. The van der Waals surface area contributed by atoms with Gasteiger partial charge in [0.05, 0.1) is 10.7 Å². The molecular weight excluding hydrogens is 260 g/mol. The van der Waals surface area contributed by atoms with Gasteiger partial charge in [-0.25, -0.2) is 0 Å². The summed E-state index contributed by atoms with van der Waals surface area (Å²) in [5.74, 6) is -0.0437. The third-order valence-corrected chi connectivity index (χ3v) is 3.36. The molecule has 1 aromatic rings. The first-order chi connectivity index (χ1) is 8.90. The zero-order valence-corrected chi connectivity index (χ0v) is 12.8. The van der Waals surface area contributed by atoms with Gasteiger partial charge >= 0.3 is 0 Å². The number of aromatic nitrogens is 2. The average molecular weight is 282 g/mol. The number of amides is 1. The summed E-state index contributed by atoms with van der Waals surface area (Å²) < 4.78 is 1.74. The Kier molecular flexibility index (Phi) is 5.47. The Labute approximate surface area is 119 Å². The number of hydrogen-bond donors (Lipinski definition) is 1. The molecule has 0 aromatic carbocycles. The van der Waals surface area contributed by atoms with Crippen molar-refractivity contribution in [1.29, 1.82) is 0 Å². The van der Waals surface area contributed by atoms with Crippen LogP contribution in [0.25, 0.3) is 0 Å². The highest BCUT2D eigenvalue weighted by molar-refractivity contribution is 7.80. The zero-order chi connectivity index (χ0) is 14.6. The van der Waals surface area contributed by atoms with Crippen LogP contribution in [0.4, 0.5) is 0 Å². The second-order valence-corrected chi connectivity index (χ2v) is 5.15. The summed E-state index contributed by atoms with van der Waals surface area (Å²) in [4.78, 5) is 14.5. The molecule has 1 atom stereocenters. The molecule has 0 saturated heterocycles. The lowest BCUT2D eigenvalue weighted by Gasteiger charge is -2.24. The molecular formula is C13H22N4OS. The van der Waals surface area contributed by atoms with Gasteiger partial charge in [-0.2, -0.15) is 5.10 Å². The van der Waals surface area contributed by atoms with Crippen LogP contribution in [0.5, 0.6) is 0 Å². The van der Waals surface area contributed by atoms with Crippen LogP contribution in [0.15, 0.2) is 6.07 Å². The van der Waals surface area contributed by atoms with Crippen molar-refractivity contribution >= 4 is 23.1 Å². The van der Waals surface area contributed by atoms with Gasteiger partial charge in [0, 0.05) is 26.1 Å². The molecule has 0 aliphatic rings. The monoisotopic (exact) mass is 282 g/mol. The molecule has 0 spiro atoms. The van der Waals surface area contributed by atoms with Crippen molar-refractivity contribution in [3.8, 4) is 0 Å². The SMILES string of the molecule is CCc1cc(C(=O)N(C)C(C)CC(N)=S)n(CC)n1. The van der Waals surface area contributed by atoms with Crippen LogP contribution in [0.1, 0.15) is 43.4 Å². The quantitative estimate of drug-likeness (QED) is 0.805. The predicted molar refractivity (Wildman–Crippen MR) is 80.2 cm³/mol. The van der Waals surface area contributed by atoms with Crippen LogP contribution in [-0.2, 0) is 13.0 Å². The minimum Gasteiger partial charge on any atom is -0.393 e. The summed E-state index contributed by atoms with van der Waals surface area (Å²) in [6.45, 7) is 6.61. The van der Waals surface area contributed by atoms with E-state index in [0.29, 0.717) is 23.6 Å². The molecule has 0 aliphatic carbocycles. The van der Waals surface area contributed by atoms with Crippen LogP contribution < -0.4 is 5.73 Å². The van der Waals surface area contributed by atoms with E-state index in [4.69, 9.17) is 18.0 Å². The highest BCUT2D eigenvalue weighted by Crippen LogP contribution is 2.11. The molecule has 0 fully saturated rings. The van der Waals surface area contributed by atoms with E-state index in [1.165, 1.54) is 0 Å². The van der Waals surface area contributed by atoms with Gasteiger partial charge in [-0.3, -0.25) is 9.48 Å². The molecule has 2 N–H and O–H groups in total. The number of carbonyl (C=O) groups is 1. The maximum Gasteiger partial charge on any atom is 0.272 e. The lowest BCUT2D eigenvalue weighted by molar-refractivity contribution is 0.0735. The number of nitrogens with two attached hydrogens (primary N) is 1. The molecule has 1 amide bonds. The van der Waals surface area contributed by atoms with E-state index in [1.54, 1.807) is 16.6 Å². The van der Waals surface area contributed by atoms with Gasteiger partial charge in [0.25, 0.3) is 5.91 Å². The van der Waals surface area contributed by atoms with Gasteiger partial charge in [-0.15, -0.1) is 0 Å². The fourth-order valence-corrected chi connectivity index (χ4v) is 2.11. The van der Waals surface area contributed by atoms with Crippen LogP contribution in [-0.4, -0.2) is 38.7 Å². The third kappa shape index (κ3) is 3.76. The smallest absolute Gasteiger partial charge is 0.272 e. The Bertz CT molecular complexity index is 469. The molecule has 6 heteroatoms. The van der Waals surface area contributed by atoms with Crippen molar-refractivity contribution in [2.75, 3.05) is 7.05 Å². The minimum atomic E-state index is -0.0437. The number of thiocarbonyl (C=S) groups is 1. The predicted octanol–water partition coefficient (Wildman–Crippen LogP) is 1.60. The fraction of sp³-hybridized carbons (Fsp3) is 0.615. The van der Waals surface area contributed by atoms with Crippen LogP contribution in [0.3, 0.4) is 0 Å². The maximum absolute atomic E-state index is 12.5. The van der Waals surface area contributed by atoms with Gasteiger partial charge in [0.2, 0.25) is 0 Å². The fourth-order valence-electron chi connectivity index (χ4n) is 1.87. The Morgan fingerprint density at radius 1 is 1.58 bits per heavy atom. The molecule has 0 radical (unpaired) electrons. The minimum absolute atomic E-state index is 0.0183. The van der Waals surface area contributed by atoms with Gasteiger partial charge < -0.3 is 10.6 Å².